The van der Waals surface area contributed by atoms with Crippen LogP contribution in [0, 0.1) is 0 Å². The number of anilines is 1. The average molecular weight is 304 g/mol. The molecule has 0 bridgehead atoms. The van der Waals surface area contributed by atoms with Gasteiger partial charge in [0.25, 0.3) is 0 Å². The number of hydrogen-bond donors (Lipinski definition) is 2. The molecule has 2 heterocycles. The Morgan fingerprint density at radius 1 is 1.18 bits per heavy atom. The monoisotopic (exact) mass is 304 g/mol. The predicted octanol–water partition coefficient (Wildman–Crippen LogP) is 1.82. The first-order chi connectivity index (χ1) is 10.9. The van der Waals surface area contributed by atoms with Gasteiger partial charge in [-0.25, -0.2) is 4.98 Å². The molecule has 0 radical (unpaired) electrons. The van der Waals surface area contributed by atoms with Crippen molar-refractivity contribution in [2.24, 2.45) is 0 Å². The maximum absolute atomic E-state index is 8.68. The summed E-state index contributed by atoms with van der Waals surface area (Å²) in [5.41, 5.74) is 0. The van der Waals surface area contributed by atoms with Crippen molar-refractivity contribution in [1.82, 2.24) is 4.98 Å². The number of rotatable bonds is 6. The van der Waals surface area contributed by atoms with Gasteiger partial charge in [-0.05, 0) is 23.6 Å². The Bertz CT molecular complexity index is 633. The van der Waals surface area contributed by atoms with E-state index in [0.29, 0.717) is 33.0 Å². The molecule has 0 unspecified atom stereocenters. The van der Waals surface area contributed by atoms with Crippen LogP contribution in [0.4, 0.5) is 5.82 Å². The SMILES string of the molecule is OCCOCCNc1nccc2cc3c(cc12)OCCCO3. The first-order valence-corrected chi connectivity index (χ1v) is 7.49. The fourth-order valence-corrected chi connectivity index (χ4v) is 2.38. The lowest BCUT2D eigenvalue weighted by molar-refractivity contribution is 0.0992. The summed E-state index contributed by atoms with van der Waals surface area (Å²) in [4.78, 5) is 4.38. The molecule has 118 valence electrons. The van der Waals surface area contributed by atoms with Crippen LogP contribution in [0.3, 0.4) is 0 Å². The average Bonchev–Trinajstić information content (AvgIpc) is 2.77. The number of aliphatic hydroxyl groups excluding tert-OH is 1. The lowest BCUT2D eigenvalue weighted by Crippen LogP contribution is -2.12. The van der Waals surface area contributed by atoms with E-state index in [0.717, 1.165) is 34.5 Å². The normalized spacial score (nSPS) is 13.9. The third-order valence-corrected chi connectivity index (χ3v) is 3.41. The van der Waals surface area contributed by atoms with Gasteiger partial charge in [-0.2, -0.15) is 0 Å². The molecule has 2 N–H and O–H groups in total. The Kier molecular flexibility index (Phi) is 4.92. The van der Waals surface area contributed by atoms with Gasteiger partial charge in [0.1, 0.15) is 5.82 Å². The maximum Gasteiger partial charge on any atom is 0.161 e. The number of aromatic nitrogens is 1. The molecule has 1 aromatic heterocycles. The molecule has 0 fully saturated rings. The molecular formula is C16H20N2O4. The smallest absolute Gasteiger partial charge is 0.161 e. The first kappa shape index (κ1) is 14.9. The molecule has 1 aliphatic rings. The molecule has 2 aromatic rings. The molecule has 22 heavy (non-hydrogen) atoms. The van der Waals surface area contributed by atoms with E-state index in [1.54, 1.807) is 6.20 Å². The molecule has 0 saturated heterocycles. The van der Waals surface area contributed by atoms with Gasteiger partial charge in [0.05, 0.1) is 33.0 Å². The van der Waals surface area contributed by atoms with Crippen molar-refractivity contribution in [2.75, 3.05) is 44.9 Å². The van der Waals surface area contributed by atoms with Crippen molar-refractivity contribution >= 4 is 16.6 Å². The first-order valence-electron chi connectivity index (χ1n) is 7.49. The highest BCUT2D eigenvalue weighted by Gasteiger charge is 2.13. The van der Waals surface area contributed by atoms with E-state index in [2.05, 4.69) is 10.3 Å². The lowest BCUT2D eigenvalue weighted by atomic mass is 10.1. The van der Waals surface area contributed by atoms with E-state index in [1.807, 2.05) is 18.2 Å². The molecular weight excluding hydrogens is 284 g/mol. The summed E-state index contributed by atoms with van der Waals surface area (Å²) in [6, 6.07) is 5.92. The minimum Gasteiger partial charge on any atom is -0.490 e. The fraction of sp³-hybridized carbons (Fsp3) is 0.438. The zero-order chi connectivity index (χ0) is 15.2. The Morgan fingerprint density at radius 2 is 2.00 bits per heavy atom. The minimum absolute atomic E-state index is 0.0377. The predicted molar refractivity (Wildman–Crippen MR) is 83.7 cm³/mol. The van der Waals surface area contributed by atoms with Crippen LogP contribution in [0.15, 0.2) is 24.4 Å². The van der Waals surface area contributed by atoms with Crippen molar-refractivity contribution < 1.29 is 19.3 Å². The van der Waals surface area contributed by atoms with Crippen molar-refractivity contribution in [2.45, 2.75) is 6.42 Å². The maximum atomic E-state index is 8.68. The standard InChI is InChI=1S/C16H20N2O4/c19-5-9-20-8-4-18-16-13-11-15-14(21-6-1-7-22-15)10-12(13)2-3-17-16/h2-3,10-11,19H,1,4-9H2,(H,17,18). The largest absolute Gasteiger partial charge is 0.490 e. The van der Waals surface area contributed by atoms with Crippen molar-refractivity contribution in [3.8, 4) is 11.5 Å². The van der Waals surface area contributed by atoms with E-state index < -0.39 is 0 Å². The molecule has 0 saturated carbocycles. The number of fused-ring (bicyclic) bond motifs is 2. The Morgan fingerprint density at radius 3 is 2.82 bits per heavy atom. The summed E-state index contributed by atoms with van der Waals surface area (Å²) in [5.74, 6) is 2.34. The van der Waals surface area contributed by atoms with Gasteiger partial charge in [-0.3, -0.25) is 0 Å². The van der Waals surface area contributed by atoms with Crippen LogP contribution in [0.1, 0.15) is 6.42 Å². The summed E-state index contributed by atoms with van der Waals surface area (Å²) in [6.07, 6.45) is 2.65. The molecule has 0 spiro atoms. The van der Waals surface area contributed by atoms with E-state index in [-0.39, 0.29) is 6.61 Å². The van der Waals surface area contributed by atoms with Crippen molar-refractivity contribution in [1.29, 1.82) is 0 Å². The van der Waals surface area contributed by atoms with Crippen LogP contribution in [0.5, 0.6) is 11.5 Å². The van der Waals surface area contributed by atoms with Crippen molar-refractivity contribution in [3.05, 3.63) is 24.4 Å². The van der Waals surface area contributed by atoms with Gasteiger partial charge in [-0.1, -0.05) is 0 Å². The van der Waals surface area contributed by atoms with Crippen LogP contribution in [-0.2, 0) is 4.74 Å². The third kappa shape index (κ3) is 3.40. The molecule has 0 amide bonds. The Hall–Kier alpha value is -2.05. The second-order valence-electron chi connectivity index (χ2n) is 4.99. The molecule has 6 nitrogen and oxygen atoms in total. The summed E-state index contributed by atoms with van der Waals surface area (Å²) < 4.78 is 16.7. The quantitative estimate of drug-likeness (QED) is 0.793. The molecule has 1 aliphatic heterocycles. The highest BCUT2D eigenvalue weighted by Crippen LogP contribution is 2.36. The van der Waals surface area contributed by atoms with E-state index in [1.165, 1.54) is 0 Å². The van der Waals surface area contributed by atoms with Crippen LogP contribution >= 0.6 is 0 Å². The minimum atomic E-state index is 0.0377. The second kappa shape index (κ2) is 7.29. The highest BCUT2D eigenvalue weighted by molar-refractivity contribution is 5.94. The number of pyridine rings is 1. The van der Waals surface area contributed by atoms with Crippen LogP contribution in [-0.4, -0.2) is 49.7 Å². The summed E-state index contributed by atoms with van der Waals surface area (Å²) in [6.45, 7) is 2.87. The zero-order valence-corrected chi connectivity index (χ0v) is 12.4. The van der Waals surface area contributed by atoms with Gasteiger partial charge in [0.15, 0.2) is 11.5 Å². The molecule has 0 aliphatic carbocycles. The number of ether oxygens (including phenoxy) is 3. The van der Waals surface area contributed by atoms with Crippen LogP contribution < -0.4 is 14.8 Å². The van der Waals surface area contributed by atoms with E-state index >= 15 is 0 Å². The number of benzene rings is 1. The van der Waals surface area contributed by atoms with Gasteiger partial charge < -0.3 is 24.6 Å². The lowest BCUT2D eigenvalue weighted by Gasteiger charge is -2.12. The fourth-order valence-electron chi connectivity index (χ4n) is 2.38. The van der Waals surface area contributed by atoms with Gasteiger partial charge in [0, 0.05) is 24.5 Å². The molecule has 1 aromatic carbocycles. The van der Waals surface area contributed by atoms with Crippen molar-refractivity contribution in [3.63, 3.8) is 0 Å². The number of nitrogens with zero attached hydrogens (tertiary/aromatic N) is 1. The molecule has 6 heteroatoms. The summed E-state index contributed by atoms with van der Waals surface area (Å²) in [7, 11) is 0. The Balaban J connectivity index is 1.80. The van der Waals surface area contributed by atoms with Gasteiger partial charge in [0.2, 0.25) is 0 Å². The zero-order valence-electron chi connectivity index (χ0n) is 12.4. The van der Waals surface area contributed by atoms with E-state index in [4.69, 9.17) is 19.3 Å². The summed E-state index contributed by atoms with van der Waals surface area (Å²) >= 11 is 0. The number of hydrogen-bond acceptors (Lipinski definition) is 6. The highest BCUT2D eigenvalue weighted by atomic mass is 16.5. The Labute approximate surface area is 129 Å². The van der Waals surface area contributed by atoms with E-state index in [9.17, 15) is 0 Å². The topological polar surface area (TPSA) is 72.8 Å². The third-order valence-electron chi connectivity index (χ3n) is 3.41. The van der Waals surface area contributed by atoms with Gasteiger partial charge >= 0.3 is 0 Å². The van der Waals surface area contributed by atoms with Crippen LogP contribution in [0.2, 0.25) is 0 Å². The van der Waals surface area contributed by atoms with Gasteiger partial charge in [-0.15, -0.1) is 0 Å². The number of nitrogens with one attached hydrogen (secondary N) is 1. The second-order valence-corrected chi connectivity index (χ2v) is 4.99. The summed E-state index contributed by atoms with van der Waals surface area (Å²) in [5, 5.41) is 14.0. The molecule has 0 atom stereocenters. The molecule has 3 rings (SSSR count). The number of aliphatic hydroxyl groups is 1. The van der Waals surface area contributed by atoms with Crippen LogP contribution in [0.25, 0.3) is 10.8 Å².